The van der Waals surface area contributed by atoms with Gasteiger partial charge in [0, 0.05) is 24.2 Å². The van der Waals surface area contributed by atoms with E-state index in [0.29, 0.717) is 34.2 Å². The first-order chi connectivity index (χ1) is 12.0. The molecule has 132 valence electrons. The Hall–Kier alpha value is -3.22. The van der Waals surface area contributed by atoms with Crippen LogP contribution in [0, 0.1) is 0 Å². The van der Waals surface area contributed by atoms with Crippen molar-refractivity contribution in [1.29, 1.82) is 0 Å². The average molecular weight is 344 g/mol. The summed E-state index contributed by atoms with van der Waals surface area (Å²) in [5, 5.41) is 5.41. The van der Waals surface area contributed by atoms with Crippen LogP contribution >= 0.6 is 0 Å². The van der Waals surface area contributed by atoms with Crippen molar-refractivity contribution >= 4 is 23.2 Å². The van der Waals surface area contributed by atoms with E-state index in [1.54, 1.807) is 36.4 Å². The van der Waals surface area contributed by atoms with Crippen LogP contribution in [0.3, 0.4) is 0 Å². The molecule has 0 saturated heterocycles. The molecule has 2 N–H and O–H groups in total. The molecule has 2 amide bonds. The minimum absolute atomic E-state index is 0.254. The molecule has 0 spiro atoms. The largest absolute Gasteiger partial charge is 0.495 e. The number of amides is 2. The van der Waals surface area contributed by atoms with Crippen molar-refractivity contribution in [2.24, 2.45) is 0 Å². The molecule has 0 heterocycles. The van der Waals surface area contributed by atoms with E-state index in [-0.39, 0.29) is 11.8 Å². The van der Waals surface area contributed by atoms with E-state index in [0.717, 1.165) is 0 Å². The molecule has 2 rings (SSSR count). The number of ether oxygens (including phenoxy) is 3. The van der Waals surface area contributed by atoms with Crippen molar-refractivity contribution in [2.45, 2.75) is 6.92 Å². The number of hydrogen-bond acceptors (Lipinski definition) is 5. The molecule has 2 aromatic carbocycles. The number of hydrogen-bond donors (Lipinski definition) is 2. The summed E-state index contributed by atoms with van der Waals surface area (Å²) in [6.07, 6.45) is 0. The smallest absolute Gasteiger partial charge is 0.255 e. The summed E-state index contributed by atoms with van der Waals surface area (Å²) in [6.45, 7) is 1.38. The van der Waals surface area contributed by atoms with Gasteiger partial charge in [0.2, 0.25) is 5.91 Å². The van der Waals surface area contributed by atoms with Gasteiger partial charge in [0.1, 0.15) is 5.75 Å². The summed E-state index contributed by atoms with van der Waals surface area (Å²) in [7, 11) is 4.55. The van der Waals surface area contributed by atoms with E-state index in [4.69, 9.17) is 14.2 Å². The molecule has 0 atom stereocenters. The molecule has 25 heavy (non-hydrogen) atoms. The van der Waals surface area contributed by atoms with Gasteiger partial charge in [0.15, 0.2) is 11.5 Å². The maximum absolute atomic E-state index is 12.5. The molecular formula is C18H20N2O5. The number of anilines is 2. The van der Waals surface area contributed by atoms with Gasteiger partial charge in [-0.15, -0.1) is 0 Å². The minimum Gasteiger partial charge on any atom is -0.495 e. The van der Waals surface area contributed by atoms with E-state index in [1.807, 2.05) is 0 Å². The summed E-state index contributed by atoms with van der Waals surface area (Å²) in [5.41, 5.74) is 1.36. The predicted octanol–water partition coefficient (Wildman–Crippen LogP) is 2.92. The monoisotopic (exact) mass is 344 g/mol. The third kappa shape index (κ3) is 4.41. The van der Waals surface area contributed by atoms with Crippen LogP contribution in [0.15, 0.2) is 36.4 Å². The molecule has 0 aliphatic rings. The number of carbonyl (C=O) groups is 2. The molecule has 0 aliphatic heterocycles. The van der Waals surface area contributed by atoms with Crippen LogP contribution in [-0.2, 0) is 4.79 Å². The lowest BCUT2D eigenvalue weighted by Gasteiger charge is -2.12. The Labute approximate surface area is 145 Å². The van der Waals surface area contributed by atoms with Gasteiger partial charge in [0.05, 0.1) is 27.0 Å². The molecule has 0 radical (unpaired) electrons. The van der Waals surface area contributed by atoms with Gasteiger partial charge in [-0.25, -0.2) is 0 Å². The van der Waals surface area contributed by atoms with Gasteiger partial charge in [-0.3, -0.25) is 9.59 Å². The fourth-order valence-electron chi connectivity index (χ4n) is 2.25. The SMILES string of the molecule is COc1ccc(C(=O)Nc2ccc(OC)c(OC)c2)cc1NC(C)=O. The third-order valence-corrected chi connectivity index (χ3v) is 3.41. The molecule has 0 aliphatic carbocycles. The predicted molar refractivity (Wildman–Crippen MR) is 94.8 cm³/mol. The first kappa shape index (κ1) is 18.1. The second kappa shape index (κ2) is 8.05. The molecular weight excluding hydrogens is 324 g/mol. The highest BCUT2D eigenvalue weighted by molar-refractivity contribution is 6.05. The Morgan fingerprint density at radius 2 is 1.44 bits per heavy atom. The topological polar surface area (TPSA) is 85.9 Å². The van der Waals surface area contributed by atoms with E-state index >= 15 is 0 Å². The van der Waals surface area contributed by atoms with E-state index in [2.05, 4.69) is 10.6 Å². The molecule has 0 aromatic heterocycles. The van der Waals surface area contributed by atoms with Gasteiger partial charge in [0.25, 0.3) is 5.91 Å². The van der Waals surface area contributed by atoms with Crippen molar-refractivity contribution in [2.75, 3.05) is 32.0 Å². The lowest BCUT2D eigenvalue weighted by atomic mass is 10.1. The van der Waals surface area contributed by atoms with Crippen molar-refractivity contribution in [3.8, 4) is 17.2 Å². The highest BCUT2D eigenvalue weighted by Crippen LogP contribution is 2.30. The average Bonchev–Trinajstić information content (AvgIpc) is 2.60. The van der Waals surface area contributed by atoms with Gasteiger partial charge in [-0.2, -0.15) is 0 Å². The fourth-order valence-corrected chi connectivity index (χ4v) is 2.25. The second-order valence-electron chi connectivity index (χ2n) is 5.12. The van der Waals surface area contributed by atoms with E-state index in [1.165, 1.54) is 28.3 Å². The van der Waals surface area contributed by atoms with Crippen LogP contribution in [0.25, 0.3) is 0 Å². The van der Waals surface area contributed by atoms with E-state index < -0.39 is 0 Å². The zero-order chi connectivity index (χ0) is 18.4. The summed E-state index contributed by atoms with van der Waals surface area (Å²) < 4.78 is 15.6. The standard InChI is InChI=1S/C18H20N2O5/c1-11(21)19-14-9-12(5-7-15(14)23-2)18(22)20-13-6-8-16(24-3)17(10-13)25-4/h5-10H,1-4H3,(H,19,21)(H,20,22). The molecule has 0 fully saturated rings. The van der Waals surface area contributed by atoms with E-state index in [9.17, 15) is 9.59 Å². The Balaban J connectivity index is 2.24. The summed E-state index contributed by atoms with van der Waals surface area (Å²) in [5.74, 6) is 0.960. The number of rotatable bonds is 6. The molecule has 0 unspecified atom stereocenters. The number of carbonyl (C=O) groups excluding carboxylic acids is 2. The summed E-state index contributed by atoms with van der Waals surface area (Å²) in [6, 6.07) is 9.85. The molecule has 7 heteroatoms. The number of benzene rings is 2. The first-order valence-electron chi connectivity index (χ1n) is 7.47. The zero-order valence-corrected chi connectivity index (χ0v) is 14.5. The van der Waals surface area contributed by atoms with Crippen LogP contribution in [-0.4, -0.2) is 33.1 Å². The lowest BCUT2D eigenvalue weighted by molar-refractivity contribution is -0.114. The van der Waals surface area contributed by atoms with Gasteiger partial charge in [-0.05, 0) is 30.3 Å². The highest BCUT2D eigenvalue weighted by atomic mass is 16.5. The highest BCUT2D eigenvalue weighted by Gasteiger charge is 2.13. The Morgan fingerprint density at radius 3 is 2.04 bits per heavy atom. The van der Waals surface area contributed by atoms with Gasteiger partial charge >= 0.3 is 0 Å². The van der Waals surface area contributed by atoms with Crippen LogP contribution in [0.2, 0.25) is 0 Å². The third-order valence-electron chi connectivity index (χ3n) is 3.41. The molecule has 0 saturated carbocycles. The quantitative estimate of drug-likeness (QED) is 0.841. The van der Waals surface area contributed by atoms with Gasteiger partial charge < -0.3 is 24.8 Å². The van der Waals surface area contributed by atoms with Crippen molar-refractivity contribution in [3.05, 3.63) is 42.0 Å². The van der Waals surface area contributed by atoms with Crippen LogP contribution in [0.4, 0.5) is 11.4 Å². The number of methoxy groups -OCH3 is 3. The molecule has 2 aromatic rings. The van der Waals surface area contributed by atoms with Crippen molar-refractivity contribution in [3.63, 3.8) is 0 Å². The lowest BCUT2D eigenvalue weighted by Crippen LogP contribution is -2.14. The Kier molecular flexibility index (Phi) is 5.84. The summed E-state index contributed by atoms with van der Waals surface area (Å²) in [4.78, 5) is 23.8. The van der Waals surface area contributed by atoms with Gasteiger partial charge in [-0.1, -0.05) is 0 Å². The first-order valence-corrected chi connectivity index (χ1v) is 7.47. The number of nitrogens with one attached hydrogen (secondary N) is 2. The Bertz CT molecular complexity index is 789. The van der Waals surface area contributed by atoms with Crippen molar-refractivity contribution < 1.29 is 23.8 Å². The van der Waals surface area contributed by atoms with Crippen molar-refractivity contribution in [1.82, 2.24) is 0 Å². The normalized spacial score (nSPS) is 9.92. The van der Waals surface area contributed by atoms with Crippen LogP contribution in [0.5, 0.6) is 17.2 Å². The summed E-state index contributed by atoms with van der Waals surface area (Å²) >= 11 is 0. The molecule has 7 nitrogen and oxygen atoms in total. The maximum atomic E-state index is 12.5. The second-order valence-corrected chi connectivity index (χ2v) is 5.12. The zero-order valence-electron chi connectivity index (χ0n) is 14.5. The van der Waals surface area contributed by atoms with Crippen LogP contribution in [0.1, 0.15) is 17.3 Å². The molecule has 0 bridgehead atoms. The van der Waals surface area contributed by atoms with Crippen LogP contribution < -0.4 is 24.8 Å². The minimum atomic E-state index is -0.332. The fraction of sp³-hybridized carbons (Fsp3) is 0.222. The Morgan fingerprint density at radius 1 is 0.800 bits per heavy atom. The maximum Gasteiger partial charge on any atom is 0.255 e.